The van der Waals surface area contributed by atoms with E-state index in [1.54, 1.807) is 34.9 Å². The molecule has 3 aromatic rings. The van der Waals surface area contributed by atoms with Crippen molar-refractivity contribution >= 4 is 40.0 Å². The molecule has 162 valence electrons. The van der Waals surface area contributed by atoms with Crippen molar-refractivity contribution in [3.63, 3.8) is 0 Å². The van der Waals surface area contributed by atoms with Gasteiger partial charge in [-0.15, -0.1) is 0 Å². The highest BCUT2D eigenvalue weighted by Crippen LogP contribution is 2.33. The Morgan fingerprint density at radius 3 is 2.84 bits per heavy atom. The van der Waals surface area contributed by atoms with Crippen molar-refractivity contribution in [1.29, 1.82) is 0 Å². The van der Waals surface area contributed by atoms with Crippen molar-refractivity contribution in [2.45, 2.75) is 20.5 Å². The van der Waals surface area contributed by atoms with E-state index in [0.29, 0.717) is 50.7 Å². The molecule has 0 radical (unpaired) electrons. The third-order valence-corrected chi connectivity index (χ3v) is 6.56. The molecule has 0 fully saturated rings. The average molecular weight is 449 g/mol. The molecule has 0 unspecified atom stereocenters. The Bertz CT molecular complexity index is 1450. The lowest BCUT2D eigenvalue weighted by atomic mass is 10.1. The number of carbonyl (C=O) groups is 2. The summed E-state index contributed by atoms with van der Waals surface area (Å²) in [6.07, 6.45) is 0. The summed E-state index contributed by atoms with van der Waals surface area (Å²) in [7, 11) is 0. The van der Waals surface area contributed by atoms with Gasteiger partial charge >= 0.3 is 0 Å². The summed E-state index contributed by atoms with van der Waals surface area (Å²) in [5.41, 5.74) is 2.81. The second-order valence-electron chi connectivity index (χ2n) is 7.50. The lowest BCUT2D eigenvalue weighted by Gasteiger charge is -2.25. The van der Waals surface area contributed by atoms with Crippen molar-refractivity contribution < 1.29 is 14.3 Å². The lowest BCUT2D eigenvalue weighted by Crippen LogP contribution is -2.43. The number of hydrogen-bond donors (Lipinski definition) is 1. The van der Waals surface area contributed by atoms with Crippen molar-refractivity contribution in [1.82, 2.24) is 4.57 Å². The first-order valence-corrected chi connectivity index (χ1v) is 11.0. The number of nitrogens with one attached hydrogen (secondary N) is 1. The summed E-state index contributed by atoms with van der Waals surface area (Å²) in [6, 6.07) is 12.6. The number of amides is 1. The Hall–Kier alpha value is -3.72. The maximum absolute atomic E-state index is 13.3. The SMILES string of the molecule is CCOc1ccc2c(c1)C(=c1sc3n(c1=O)CN(c1cccc(C(C)=O)c1)CN=3)C(=O)N2. The number of anilines is 2. The minimum absolute atomic E-state index is 0.0230. The molecule has 1 amide bonds. The summed E-state index contributed by atoms with van der Waals surface area (Å²) in [4.78, 5) is 44.8. The van der Waals surface area contributed by atoms with Gasteiger partial charge in [0.05, 0.1) is 12.2 Å². The number of carbonyl (C=O) groups excluding carboxylic acids is 2. The summed E-state index contributed by atoms with van der Waals surface area (Å²) >= 11 is 1.22. The third kappa shape index (κ3) is 3.31. The first-order chi connectivity index (χ1) is 15.5. The topological polar surface area (TPSA) is 93.0 Å². The molecule has 0 aliphatic carbocycles. The highest BCUT2D eigenvalue weighted by Gasteiger charge is 2.28. The number of aromatic nitrogens is 1. The fraction of sp³-hybridized carbons (Fsp3) is 0.217. The summed E-state index contributed by atoms with van der Waals surface area (Å²) in [6.45, 7) is 4.56. The number of ketones is 1. The normalized spacial score (nSPS) is 16.2. The molecule has 0 spiro atoms. The van der Waals surface area contributed by atoms with Crippen molar-refractivity contribution in [2.24, 2.45) is 4.99 Å². The van der Waals surface area contributed by atoms with Crippen LogP contribution in [0, 0.1) is 0 Å². The first kappa shape index (κ1) is 20.2. The molecule has 1 N–H and O–H groups in total. The van der Waals surface area contributed by atoms with Gasteiger partial charge in [0.25, 0.3) is 11.5 Å². The van der Waals surface area contributed by atoms with Gasteiger partial charge in [-0.1, -0.05) is 23.5 Å². The van der Waals surface area contributed by atoms with Gasteiger partial charge in [0.1, 0.15) is 23.6 Å². The largest absolute Gasteiger partial charge is 0.494 e. The third-order valence-electron chi connectivity index (χ3n) is 5.44. The molecule has 1 aromatic heterocycles. The van der Waals surface area contributed by atoms with Crippen LogP contribution >= 0.6 is 11.3 Å². The van der Waals surface area contributed by atoms with Gasteiger partial charge in [-0.2, -0.15) is 0 Å². The molecule has 3 heterocycles. The van der Waals surface area contributed by atoms with Gasteiger partial charge in [0, 0.05) is 22.5 Å². The van der Waals surface area contributed by atoms with E-state index in [-0.39, 0.29) is 23.9 Å². The van der Waals surface area contributed by atoms with E-state index in [1.165, 1.54) is 18.3 Å². The molecule has 0 saturated heterocycles. The number of Topliss-reactive ketones (excluding diaryl/α,β-unsaturated/α-hetero) is 1. The van der Waals surface area contributed by atoms with Crippen LogP contribution in [0.15, 0.2) is 52.3 Å². The summed E-state index contributed by atoms with van der Waals surface area (Å²) < 4.78 is 7.49. The van der Waals surface area contributed by atoms with Gasteiger partial charge in [-0.25, -0.2) is 4.99 Å². The number of fused-ring (bicyclic) bond motifs is 2. The Morgan fingerprint density at radius 1 is 1.22 bits per heavy atom. The molecule has 2 aromatic carbocycles. The number of ether oxygens (including phenoxy) is 1. The van der Waals surface area contributed by atoms with Gasteiger partial charge in [0.2, 0.25) is 0 Å². The van der Waals surface area contributed by atoms with E-state index in [1.807, 2.05) is 24.0 Å². The van der Waals surface area contributed by atoms with Gasteiger partial charge in [-0.05, 0) is 44.2 Å². The minimum Gasteiger partial charge on any atom is -0.494 e. The number of thiazole rings is 1. The zero-order valence-electron chi connectivity index (χ0n) is 17.5. The predicted molar refractivity (Wildman–Crippen MR) is 122 cm³/mol. The van der Waals surface area contributed by atoms with Crippen LogP contribution in [-0.4, -0.2) is 29.5 Å². The highest BCUT2D eigenvalue weighted by atomic mass is 32.1. The van der Waals surface area contributed by atoms with Gasteiger partial charge in [0.15, 0.2) is 10.6 Å². The van der Waals surface area contributed by atoms with Crippen LogP contribution in [-0.2, 0) is 11.5 Å². The molecule has 2 aliphatic rings. The first-order valence-electron chi connectivity index (χ1n) is 10.2. The maximum Gasteiger partial charge on any atom is 0.272 e. The maximum atomic E-state index is 13.3. The molecule has 32 heavy (non-hydrogen) atoms. The molecule has 2 aliphatic heterocycles. The molecule has 8 nitrogen and oxygen atoms in total. The quantitative estimate of drug-likeness (QED) is 0.614. The number of rotatable bonds is 4. The van der Waals surface area contributed by atoms with E-state index < -0.39 is 0 Å². The predicted octanol–water partition coefficient (Wildman–Crippen LogP) is 1.72. The number of hydrogen-bond acceptors (Lipinski definition) is 7. The van der Waals surface area contributed by atoms with Gasteiger partial charge in [-0.3, -0.25) is 19.0 Å². The van der Waals surface area contributed by atoms with Crippen LogP contribution in [0.5, 0.6) is 5.75 Å². The Balaban J connectivity index is 1.60. The highest BCUT2D eigenvalue weighted by molar-refractivity contribution is 7.07. The van der Waals surface area contributed by atoms with Crippen LogP contribution in [0.25, 0.3) is 5.57 Å². The fourth-order valence-electron chi connectivity index (χ4n) is 3.87. The zero-order valence-corrected chi connectivity index (χ0v) is 18.4. The Kier molecular flexibility index (Phi) is 4.90. The smallest absolute Gasteiger partial charge is 0.272 e. The molecule has 0 saturated carbocycles. The van der Waals surface area contributed by atoms with Crippen molar-refractivity contribution in [3.05, 3.63) is 73.3 Å². The van der Waals surface area contributed by atoms with E-state index in [9.17, 15) is 14.4 Å². The van der Waals surface area contributed by atoms with Crippen LogP contribution < -0.4 is 29.8 Å². The molecular formula is C23H20N4O4S. The lowest BCUT2D eigenvalue weighted by molar-refractivity contribution is -0.110. The molecule has 5 rings (SSSR count). The second kappa shape index (κ2) is 7.76. The zero-order chi connectivity index (χ0) is 22.4. The average Bonchev–Trinajstić information content (AvgIpc) is 3.29. The Morgan fingerprint density at radius 2 is 2.06 bits per heavy atom. The van der Waals surface area contributed by atoms with Gasteiger partial charge < -0.3 is 15.0 Å². The molecule has 0 atom stereocenters. The molecule has 9 heteroatoms. The minimum atomic E-state index is -0.309. The van der Waals surface area contributed by atoms with E-state index in [2.05, 4.69) is 10.3 Å². The number of benzene rings is 2. The second-order valence-corrected chi connectivity index (χ2v) is 8.48. The van der Waals surface area contributed by atoms with Crippen LogP contribution in [0.2, 0.25) is 0 Å². The fourth-order valence-corrected chi connectivity index (χ4v) is 4.93. The van der Waals surface area contributed by atoms with E-state index >= 15 is 0 Å². The molecular weight excluding hydrogens is 428 g/mol. The van der Waals surface area contributed by atoms with Crippen molar-refractivity contribution in [3.8, 4) is 5.75 Å². The van der Waals surface area contributed by atoms with E-state index in [0.717, 1.165) is 5.69 Å². The Labute approximate surface area is 187 Å². The van der Waals surface area contributed by atoms with Crippen LogP contribution in [0.4, 0.5) is 11.4 Å². The van der Waals surface area contributed by atoms with Crippen molar-refractivity contribution in [2.75, 3.05) is 23.5 Å². The summed E-state index contributed by atoms with van der Waals surface area (Å²) in [5, 5.41) is 2.83. The standard InChI is InChI=1S/C23H20N4O4S/c1-3-31-16-7-8-18-17(10-16)19(21(29)25-18)20-22(30)27-12-26(11-24-23(27)32-20)15-6-4-5-14(9-15)13(2)28/h4-10H,3,11-12H2,1-2H3,(H,25,29). The van der Waals surface area contributed by atoms with E-state index in [4.69, 9.17) is 4.74 Å². The summed E-state index contributed by atoms with van der Waals surface area (Å²) in [5.74, 6) is 0.309. The van der Waals surface area contributed by atoms with Crippen LogP contribution in [0.3, 0.4) is 0 Å². The monoisotopic (exact) mass is 448 g/mol. The molecule has 0 bridgehead atoms. The number of nitrogens with zero attached hydrogens (tertiary/aromatic N) is 3. The van der Waals surface area contributed by atoms with Crippen LogP contribution in [0.1, 0.15) is 29.8 Å².